The minimum Gasteiger partial charge on any atom is -0.409 e. The first-order valence-electron chi connectivity index (χ1n) is 5.81. The zero-order valence-corrected chi connectivity index (χ0v) is 10.2. The topological polar surface area (TPSA) is 83.5 Å². The summed E-state index contributed by atoms with van der Waals surface area (Å²) in [5, 5.41) is 14.6. The molecule has 0 unspecified atom stereocenters. The van der Waals surface area contributed by atoms with E-state index in [1.807, 2.05) is 19.2 Å². The lowest BCUT2D eigenvalue weighted by Crippen LogP contribution is -2.16. The molecule has 0 fully saturated rings. The summed E-state index contributed by atoms with van der Waals surface area (Å²) >= 11 is 0. The van der Waals surface area contributed by atoms with Gasteiger partial charge in [0.2, 0.25) is 0 Å². The monoisotopic (exact) mass is 236 g/mol. The highest BCUT2D eigenvalue weighted by Gasteiger charge is 1.95. The number of rotatable bonds is 7. The van der Waals surface area contributed by atoms with E-state index < -0.39 is 0 Å². The normalized spacial score (nSPS) is 11.7. The first-order valence-corrected chi connectivity index (χ1v) is 5.81. The van der Waals surface area contributed by atoms with Crippen molar-refractivity contribution in [3.05, 3.63) is 29.6 Å². The second kappa shape index (κ2) is 7.62. The molecule has 1 aromatic heterocycles. The Morgan fingerprint density at radius 2 is 2.29 bits per heavy atom. The van der Waals surface area contributed by atoms with Crippen molar-refractivity contribution in [3.8, 4) is 0 Å². The Morgan fingerprint density at radius 3 is 2.94 bits per heavy atom. The molecule has 94 valence electrons. The van der Waals surface area contributed by atoms with Crippen LogP contribution in [0.1, 0.15) is 30.5 Å². The van der Waals surface area contributed by atoms with E-state index in [0.29, 0.717) is 12.3 Å². The van der Waals surface area contributed by atoms with Gasteiger partial charge in [-0.1, -0.05) is 11.2 Å². The molecule has 1 heterocycles. The third-order valence-electron chi connectivity index (χ3n) is 2.47. The number of hydrogen-bond acceptors (Lipinski definition) is 4. The van der Waals surface area contributed by atoms with Crippen LogP contribution < -0.4 is 11.1 Å². The first-order chi connectivity index (χ1) is 8.22. The van der Waals surface area contributed by atoms with Gasteiger partial charge < -0.3 is 16.3 Å². The summed E-state index contributed by atoms with van der Waals surface area (Å²) in [5.74, 6) is 0.299. The third-order valence-corrected chi connectivity index (χ3v) is 2.47. The van der Waals surface area contributed by atoms with Gasteiger partial charge in [-0.3, -0.25) is 4.98 Å². The summed E-state index contributed by atoms with van der Waals surface area (Å²) in [6.45, 7) is 3.73. The summed E-state index contributed by atoms with van der Waals surface area (Å²) in [4.78, 5) is 4.23. The molecule has 0 amide bonds. The molecule has 17 heavy (non-hydrogen) atoms. The number of hydrogen-bond donors (Lipinski definition) is 3. The van der Waals surface area contributed by atoms with E-state index in [-0.39, 0.29) is 0 Å². The molecule has 4 N–H and O–H groups in total. The lowest BCUT2D eigenvalue weighted by atomic mass is 10.2. The van der Waals surface area contributed by atoms with Gasteiger partial charge in [-0.2, -0.15) is 0 Å². The molecule has 0 aliphatic carbocycles. The van der Waals surface area contributed by atoms with Crippen molar-refractivity contribution in [2.45, 2.75) is 32.7 Å². The fourth-order valence-corrected chi connectivity index (χ4v) is 1.44. The Morgan fingerprint density at radius 1 is 1.47 bits per heavy atom. The molecule has 0 spiro atoms. The van der Waals surface area contributed by atoms with Crippen LogP contribution in [-0.2, 0) is 6.54 Å². The molecular formula is C12H20N4O. The van der Waals surface area contributed by atoms with Crippen molar-refractivity contribution < 1.29 is 5.21 Å². The zero-order valence-electron chi connectivity index (χ0n) is 10.2. The number of aromatic nitrogens is 1. The molecule has 0 aromatic carbocycles. The van der Waals surface area contributed by atoms with Crippen LogP contribution in [0, 0.1) is 6.92 Å². The van der Waals surface area contributed by atoms with E-state index in [0.717, 1.165) is 31.6 Å². The van der Waals surface area contributed by atoms with Gasteiger partial charge in [0.25, 0.3) is 0 Å². The van der Waals surface area contributed by atoms with E-state index in [2.05, 4.69) is 21.5 Å². The Kier molecular flexibility index (Phi) is 6.03. The third kappa shape index (κ3) is 5.87. The zero-order chi connectivity index (χ0) is 12.5. The van der Waals surface area contributed by atoms with E-state index >= 15 is 0 Å². The summed E-state index contributed by atoms with van der Waals surface area (Å²) in [7, 11) is 0. The maximum Gasteiger partial charge on any atom is 0.139 e. The first kappa shape index (κ1) is 13.4. The minimum atomic E-state index is 0.299. The fourth-order valence-electron chi connectivity index (χ4n) is 1.44. The van der Waals surface area contributed by atoms with E-state index in [1.54, 1.807) is 0 Å². The highest BCUT2D eigenvalue weighted by molar-refractivity contribution is 5.79. The largest absolute Gasteiger partial charge is 0.409 e. The quantitative estimate of drug-likeness (QED) is 0.220. The molecule has 0 aliphatic rings. The predicted molar refractivity (Wildman–Crippen MR) is 67.9 cm³/mol. The van der Waals surface area contributed by atoms with Crippen LogP contribution in [-0.4, -0.2) is 22.6 Å². The SMILES string of the molecule is Cc1ccc(CNCCCCC(N)=NO)cn1. The molecule has 0 saturated heterocycles. The number of nitrogens with zero attached hydrogens (tertiary/aromatic N) is 2. The summed E-state index contributed by atoms with van der Waals surface area (Å²) in [6, 6.07) is 4.08. The van der Waals surface area contributed by atoms with Crippen LogP contribution in [0.4, 0.5) is 0 Å². The molecule has 0 atom stereocenters. The Balaban J connectivity index is 2.06. The number of aryl methyl sites for hydroxylation is 1. The molecule has 1 aromatic rings. The molecule has 0 radical (unpaired) electrons. The average Bonchev–Trinajstić information content (AvgIpc) is 2.35. The van der Waals surface area contributed by atoms with Crippen molar-refractivity contribution >= 4 is 5.84 Å². The van der Waals surface area contributed by atoms with E-state index in [1.165, 1.54) is 5.56 Å². The standard InChI is InChI=1S/C12H20N4O/c1-10-5-6-11(9-15-10)8-14-7-3-2-4-12(13)16-17/h5-6,9,14,17H,2-4,7-8H2,1H3,(H2,13,16). The molecule has 1 rings (SSSR count). The molecule has 0 saturated carbocycles. The van der Waals surface area contributed by atoms with Crippen molar-refractivity contribution in [2.24, 2.45) is 10.9 Å². The van der Waals surface area contributed by atoms with Crippen molar-refractivity contribution in [1.29, 1.82) is 0 Å². The second-order valence-corrected chi connectivity index (χ2v) is 4.03. The highest BCUT2D eigenvalue weighted by atomic mass is 16.4. The Hall–Kier alpha value is -1.62. The van der Waals surface area contributed by atoms with Gasteiger partial charge in [0.15, 0.2) is 0 Å². The molecule has 0 aliphatic heterocycles. The number of nitrogens with one attached hydrogen (secondary N) is 1. The molecule has 5 heteroatoms. The van der Waals surface area contributed by atoms with Crippen LogP contribution >= 0.6 is 0 Å². The molecule has 5 nitrogen and oxygen atoms in total. The maximum absolute atomic E-state index is 8.35. The summed E-state index contributed by atoms with van der Waals surface area (Å²) in [6.07, 6.45) is 4.47. The van der Waals surface area contributed by atoms with Crippen molar-refractivity contribution in [3.63, 3.8) is 0 Å². The van der Waals surface area contributed by atoms with Gasteiger partial charge in [-0.05, 0) is 37.9 Å². The van der Waals surface area contributed by atoms with Crippen LogP contribution in [0.5, 0.6) is 0 Å². The summed E-state index contributed by atoms with van der Waals surface area (Å²) < 4.78 is 0. The molecular weight excluding hydrogens is 216 g/mol. The van der Waals surface area contributed by atoms with Crippen molar-refractivity contribution in [2.75, 3.05) is 6.54 Å². The molecule has 0 bridgehead atoms. The van der Waals surface area contributed by atoms with Crippen LogP contribution in [0.15, 0.2) is 23.5 Å². The van der Waals surface area contributed by atoms with Crippen molar-refractivity contribution in [1.82, 2.24) is 10.3 Å². The van der Waals surface area contributed by atoms with Gasteiger partial charge in [-0.25, -0.2) is 0 Å². The second-order valence-electron chi connectivity index (χ2n) is 4.03. The van der Waals surface area contributed by atoms with Gasteiger partial charge in [0.1, 0.15) is 5.84 Å². The number of oxime groups is 1. The number of amidine groups is 1. The Bertz CT molecular complexity index is 348. The fraction of sp³-hybridized carbons (Fsp3) is 0.500. The van der Waals surface area contributed by atoms with Crippen LogP contribution in [0.3, 0.4) is 0 Å². The smallest absolute Gasteiger partial charge is 0.139 e. The van der Waals surface area contributed by atoms with E-state index in [4.69, 9.17) is 10.9 Å². The number of pyridine rings is 1. The highest BCUT2D eigenvalue weighted by Crippen LogP contribution is 1.99. The van der Waals surface area contributed by atoms with E-state index in [9.17, 15) is 0 Å². The average molecular weight is 236 g/mol. The van der Waals surface area contributed by atoms with Crippen LogP contribution in [0.2, 0.25) is 0 Å². The summed E-state index contributed by atoms with van der Waals surface area (Å²) in [5.41, 5.74) is 7.59. The lowest BCUT2D eigenvalue weighted by molar-refractivity contribution is 0.316. The number of nitrogens with two attached hydrogens (primary N) is 1. The predicted octanol–water partition coefficient (Wildman–Crippen LogP) is 1.40. The number of unbranched alkanes of at least 4 members (excludes halogenated alkanes) is 1. The van der Waals surface area contributed by atoms with Gasteiger partial charge >= 0.3 is 0 Å². The maximum atomic E-state index is 8.35. The van der Waals surface area contributed by atoms with Gasteiger partial charge in [0, 0.05) is 24.9 Å². The van der Waals surface area contributed by atoms with Crippen LogP contribution in [0.25, 0.3) is 0 Å². The lowest BCUT2D eigenvalue weighted by Gasteiger charge is -2.04. The minimum absolute atomic E-state index is 0.299. The van der Waals surface area contributed by atoms with Gasteiger partial charge in [0.05, 0.1) is 0 Å². The Labute approximate surface area is 102 Å². The van der Waals surface area contributed by atoms with Gasteiger partial charge in [-0.15, -0.1) is 0 Å².